The highest BCUT2D eigenvalue weighted by Gasteiger charge is 2.07. The number of anilines is 1. The number of hydrogen-bond donors (Lipinski definition) is 1. The molecule has 0 bridgehead atoms. The molecule has 2 rings (SSSR count). The Balaban J connectivity index is 2.31. The molecule has 17 heavy (non-hydrogen) atoms. The monoisotopic (exact) mass is 297 g/mol. The smallest absolute Gasteiger partial charge is 0.224 e. The van der Waals surface area contributed by atoms with E-state index in [0.29, 0.717) is 10.3 Å². The third-order valence-electron chi connectivity index (χ3n) is 1.94. The number of benzene rings is 1. The van der Waals surface area contributed by atoms with E-state index in [-0.39, 0.29) is 17.4 Å². The molecule has 1 heterocycles. The van der Waals surface area contributed by atoms with Crippen molar-refractivity contribution in [1.29, 1.82) is 0 Å². The van der Waals surface area contributed by atoms with E-state index in [1.165, 1.54) is 18.2 Å². The molecule has 1 aromatic carbocycles. The van der Waals surface area contributed by atoms with E-state index in [2.05, 4.69) is 25.9 Å². The summed E-state index contributed by atoms with van der Waals surface area (Å²) in [6, 6.07) is 5.93. The highest BCUT2D eigenvalue weighted by atomic mass is 79.9. The second-order valence-corrected chi connectivity index (χ2v) is 4.27. The normalized spacial score (nSPS) is 10.3. The molecule has 0 saturated heterocycles. The van der Waals surface area contributed by atoms with Gasteiger partial charge in [-0.2, -0.15) is 4.98 Å². The molecule has 0 saturated carbocycles. The molecular weight excluding hydrogens is 289 g/mol. The number of rotatable bonds is 2. The van der Waals surface area contributed by atoms with Crippen molar-refractivity contribution in [2.75, 3.05) is 5.73 Å². The van der Waals surface area contributed by atoms with Gasteiger partial charge in [-0.25, -0.2) is 9.37 Å². The van der Waals surface area contributed by atoms with E-state index in [9.17, 15) is 4.39 Å². The average Bonchev–Trinajstić information content (AvgIpc) is 2.21. The van der Waals surface area contributed by atoms with Gasteiger partial charge in [-0.3, -0.25) is 0 Å². The SMILES string of the molecule is Cc1nc(N)cc(Oc2ccc(Br)cc2F)n1. The zero-order valence-corrected chi connectivity index (χ0v) is 10.5. The van der Waals surface area contributed by atoms with Crippen molar-refractivity contribution in [3.63, 3.8) is 0 Å². The fourth-order valence-electron chi connectivity index (χ4n) is 1.29. The summed E-state index contributed by atoms with van der Waals surface area (Å²) in [5, 5.41) is 0. The third-order valence-corrected chi connectivity index (χ3v) is 2.44. The zero-order valence-electron chi connectivity index (χ0n) is 8.95. The Morgan fingerprint density at radius 3 is 2.71 bits per heavy atom. The molecule has 6 heteroatoms. The first-order chi connectivity index (χ1) is 8.04. The van der Waals surface area contributed by atoms with E-state index >= 15 is 0 Å². The van der Waals surface area contributed by atoms with Crippen LogP contribution in [0.25, 0.3) is 0 Å². The van der Waals surface area contributed by atoms with Gasteiger partial charge in [-0.05, 0) is 25.1 Å². The fraction of sp³-hybridized carbons (Fsp3) is 0.0909. The van der Waals surface area contributed by atoms with E-state index in [1.807, 2.05) is 0 Å². The van der Waals surface area contributed by atoms with Crippen LogP contribution in [0.2, 0.25) is 0 Å². The summed E-state index contributed by atoms with van der Waals surface area (Å²) < 4.78 is 19.4. The number of nitrogen functional groups attached to an aromatic ring is 1. The van der Waals surface area contributed by atoms with Crippen molar-refractivity contribution in [3.05, 3.63) is 40.4 Å². The molecule has 0 unspecified atom stereocenters. The first-order valence-electron chi connectivity index (χ1n) is 4.78. The number of nitrogens with two attached hydrogens (primary N) is 1. The van der Waals surface area contributed by atoms with E-state index < -0.39 is 5.82 Å². The third kappa shape index (κ3) is 2.91. The van der Waals surface area contributed by atoms with E-state index in [0.717, 1.165) is 0 Å². The van der Waals surface area contributed by atoms with E-state index in [1.54, 1.807) is 13.0 Å². The Morgan fingerprint density at radius 1 is 1.29 bits per heavy atom. The number of ether oxygens (including phenoxy) is 1. The molecular formula is C11H9BrFN3O. The Labute approximate surface area is 106 Å². The molecule has 0 spiro atoms. The summed E-state index contributed by atoms with van der Waals surface area (Å²) in [7, 11) is 0. The maximum absolute atomic E-state index is 13.5. The lowest BCUT2D eigenvalue weighted by atomic mass is 10.3. The van der Waals surface area contributed by atoms with Crippen molar-refractivity contribution in [2.24, 2.45) is 0 Å². The van der Waals surface area contributed by atoms with Crippen molar-refractivity contribution >= 4 is 21.7 Å². The lowest BCUT2D eigenvalue weighted by Crippen LogP contribution is -1.98. The van der Waals surface area contributed by atoms with Crippen LogP contribution in [0.3, 0.4) is 0 Å². The predicted octanol–water partition coefficient (Wildman–Crippen LogP) is 3.06. The van der Waals surface area contributed by atoms with Crippen molar-refractivity contribution < 1.29 is 9.13 Å². The van der Waals surface area contributed by atoms with Crippen LogP contribution in [0.1, 0.15) is 5.82 Å². The highest BCUT2D eigenvalue weighted by Crippen LogP contribution is 2.26. The number of halogens is 2. The van der Waals surface area contributed by atoms with Crippen molar-refractivity contribution in [2.45, 2.75) is 6.92 Å². The lowest BCUT2D eigenvalue weighted by molar-refractivity contribution is 0.425. The summed E-state index contributed by atoms with van der Waals surface area (Å²) >= 11 is 3.16. The van der Waals surface area contributed by atoms with Crippen molar-refractivity contribution in [3.8, 4) is 11.6 Å². The Morgan fingerprint density at radius 2 is 2.06 bits per heavy atom. The Bertz CT molecular complexity index is 542. The molecule has 0 aliphatic carbocycles. The van der Waals surface area contributed by atoms with Crippen LogP contribution in [0.5, 0.6) is 11.6 Å². The first-order valence-corrected chi connectivity index (χ1v) is 5.58. The van der Waals surface area contributed by atoms with Gasteiger partial charge in [0.05, 0.1) is 0 Å². The summed E-state index contributed by atoms with van der Waals surface area (Å²) in [5.41, 5.74) is 5.54. The number of nitrogens with zero attached hydrogens (tertiary/aromatic N) is 2. The van der Waals surface area contributed by atoms with Crippen LogP contribution >= 0.6 is 15.9 Å². The number of hydrogen-bond acceptors (Lipinski definition) is 4. The van der Waals surface area contributed by atoms with Crippen LogP contribution in [-0.4, -0.2) is 9.97 Å². The van der Waals surface area contributed by atoms with Crippen LogP contribution in [0.15, 0.2) is 28.7 Å². The minimum absolute atomic E-state index is 0.0886. The van der Waals surface area contributed by atoms with Gasteiger partial charge in [-0.15, -0.1) is 0 Å². The molecule has 0 amide bonds. The second-order valence-electron chi connectivity index (χ2n) is 3.36. The fourth-order valence-corrected chi connectivity index (χ4v) is 1.62. The molecule has 88 valence electrons. The largest absolute Gasteiger partial charge is 0.436 e. The molecule has 0 atom stereocenters. The summed E-state index contributed by atoms with van der Waals surface area (Å²) in [6.45, 7) is 1.68. The van der Waals surface area contributed by atoms with Crippen molar-refractivity contribution in [1.82, 2.24) is 9.97 Å². The van der Waals surface area contributed by atoms with Crippen LogP contribution in [-0.2, 0) is 0 Å². The van der Waals surface area contributed by atoms with Gasteiger partial charge in [0.2, 0.25) is 5.88 Å². The van der Waals surface area contributed by atoms with E-state index in [4.69, 9.17) is 10.5 Å². The van der Waals surface area contributed by atoms with Gasteiger partial charge in [0.15, 0.2) is 11.6 Å². The van der Waals surface area contributed by atoms with Gasteiger partial charge in [0.1, 0.15) is 11.6 Å². The topological polar surface area (TPSA) is 61.0 Å². The maximum atomic E-state index is 13.5. The number of aromatic nitrogens is 2. The predicted molar refractivity (Wildman–Crippen MR) is 65.4 cm³/mol. The van der Waals surface area contributed by atoms with Gasteiger partial charge in [0.25, 0.3) is 0 Å². The molecule has 2 N–H and O–H groups in total. The minimum Gasteiger partial charge on any atom is -0.436 e. The van der Waals surface area contributed by atoms with Crippen LogP contribution < -0.4 is 10.5 Å². The molecule has 0 aliphatic rings. The quantitative estimate of drug-likeness (QED) is 0.925. The summed E-state index contributed by atoms with van der Waals surface area (Å²) in [6.07, 6.45) is 0. The molecule has 0 radical (unpaired) electrons. The molecule has 0 aliphatic heterocycles. The molecule has 2 aromatic rings. The first kappa shape index (κ1) is 11.8. The highest BCUT2D eigenvalue weighted by molar-refractivity contribution is 9.10. The van der Waals surface area contributed by atoms with Crippen LogP contribution in [0.4, 0.5) is 10.2 Å². The second kappa shape index (κ2) is 4.67. The standard InChI is InChI=1S/C11H9BrFN3O/c1-6-15-10(14)5-11(16-6)17-9-3-2-7(12)4-8(9)13/h2-5H,1H3,(H2,14,15,16). The van der Waals surface area contributed by atoms with Gasteiger partial charge in [0, 0.05) is 10.5 Å². The molecule has 1 aromatic heterocycles. The molecule has 4 nitrogen and oxygen atoms in total. The summed E-state index contributed by atoms with van der Waals surface area (Å²) in [5.74, 6) is 0.582. The average molecular weight is 298 g/mol. The number of aryl methyl sites for hydroxylation is 1. The van der Waals surface area contributed by atoms with Gasteiger partial charge < -0.3 is 10.5 Å². The van der Waals surface area contributed by atoms with Gasteiger partial charge >= 0.3 is 0 Å². The zero-order chi connectivity index (χ0) is 12.4. The van der Waals surface area contributed by atoms with Gasteiger partial charge in [-0.1, -0.05) is 15.9 Å². The Kier molecular flexibility index (Phi) is 3.23. The maximum Gasteiger partial charge on any atom is 0.224 e. The molecule has 0 fully saturated rings. The summed E-state index contributed by atoms with van der Waals surface area (Å²) in [4.78, 5) is 7.90. The van der Waals surface area contributed by atoms with Crippen LogP contribution in [0, 0.1) is 12.7 Å². The minimum atomic E-state index is -0.478. The lowest BCUT2D eigenvalue weighted by Gasteiger charge is -2.07. The Hall–Kier alpha value is -1.69.